The molecule has 1 aliphatic heterocycles. The number of aromatic nitrogens is 1. The smallest absolute Gasteiger partial charge is 0.407 e. The number of alkyl carbamates (subject to hydrolysis) is 1. The number of carbonyl (C=O) groups is 2. The molecule has 214 valence electrons. The molecule has 0 bridgehead atoms. The van der Waals surface area contributed by atoms with Gasteiger partial charge in [0.1, 0.15) is 11.4 Å². The van der Waals surface area contributed by atoms with Crippen molar-refractivity contribution in [3.8, 4) is 5.75 Å². The highest BCUT2D eigenvalue weighted by molar-refractivity contribution is 5.80. The number of carbonyl (C=O) groups excluding carboxylic acids is 2. The Bertz CT molecular complexity index is 1310. The first-order valence-corrected chi connectivity index (χ1v) is 13.2. The van der Waals surface area contributed by atoms with Crippen molar-refractivity contribution in [2.45, 2.75) is 71.6 Å². The van der Waals surface area contributed by atoms with E-state index in [1.807, 2.05) is 25.1 Å². The second-order valence-corrected chi connectivity index (χ2v) is 10.3. The molecule has 0 saturated heterocycles. The molecule has 40 heavy (non-hydrogen) atoms. The van der Waals surface area contributed by atoms with E-state index in [0.717, 1.165) is 0 Å². The molecule has 1 aliphatic rings. The predicted octanol–water partition coefficient (Wildman–Crippen LogP) is 6.58. The number of nitrogens with one attached hydrogen (secondary N) is 1. The number of halogens is 1. The standard InChI is InChI=1S/C31H37FN2O6/c1-8-20(23-15-17-33-24(26(23)32)19-34-29(36)40-30(4,5)6)27-31(7,16-18-38-27)39-25-14-12-11-13-22(25)21(9-2)28(35)37-10-3/h8,11-18,21H,1,9-10,19H2,2-7H3,(H,34,36)/b27-20-. The van der Waals surface area contributed by atoms with Gasteiger partial charge in [0.25, 0.3) is 0 Å². The maximum Gasteiger partial charge on any atom is 0.407 e. The third-order valence-corrected chi connectivity index (χ3v) is 6.12. The second kappa shape index (κ2) is 12.8. The van der Waals surface area contributed by atoms with Crippen LogP contribution in [0.1, 0.15) is 70.7 Å². The second-order valence-electron chi connectivity index (χ2n) is 10.3. The molecule has 0 saturated carbocycles. The normalized spacial score (nSPS) is 18.4. The highest BCUT2D eigenvalue weighted by Crippen LogP contribution is 2.40. The Balaban J connectivity index is 1.96. The summed E-state index contributed by atoms with van der Waals surface area (Å²) >= 11 is 0. The van der Waals surface area contributed by atoms with Crippen molar-refractivity contribution in [2.75, 3.05) is 6.61 Å². The van der Waals surface area contributed by atoms with Crippen molar-refractivity contribution in [3.05, 3.63) is 89.9 Å². The molecule has 2 aromatic rings. The number of ether oxygens (including phenoxy) is 4. The summed E-state index contributed by atoms with van der Waals surface area (Å²) in [6.45, 7) is 14.6. The third-order valence-electron chi connectivity index (χ3n) is 6.12. The average Bonchev–Trinajstić information content (AvgIpc) is 3.26. The number of hydrogen-bond donors (Lipinski definition) is 1. The van der Waals surface area contributed by atoms with Crippen LogP contribution in [0.15, 0.2) is 67.3 Å². The zero-order valence-corrected chi connectivity index (χ0v) is 23.9. The molecule has 0 spiro atoms. The Labute approximate surface area is 234 Å². The van der Waals surface area contributed by atoms with Crippen LogP contribution in [-0.4, -0.2) is 34.9 Å². The van der Waals surface area contributed by atoms with Crippen LogP contribution in [-0.2, 0) is 25.5 Å². The Kier molecular flexibility index (Phi) is 9.74. The molecule has 1 aromatic heterocycles. The summed E-state index contributed by atoms with van der Waals surface area (Å²) in [5, 5.41) is 2.53. The molecule has 2 atom stereocenters. The fourth-order valence-corrected chi connectivity index (χ4v) is 4.30. The zero-order valence-electron chi connectivity index (χ0n) is 23.9. The van der Waals surface area contributed by atoms with Gasteiger partial charge in [-0.3, -0.25) is 9.78 Å². The van der Waals surface area contributed by atoms with Gasteiger partial charge in [0.15, 0.2) is 17.2 Å². The predicted molar refractivity (Wildman–Crippen MR) is 150 cm³/mol. The molecule has 1 aromatic carbocycles. The van der Waals surface area contributed by atoms with E-state index < -0.39 is 29.0 Å². The Hall–Kier alpha value is -4.14. The number of hydrogen-bond acceptors (Lipinski definition) is 7. The quantitative estimate of drug-likeness (QED) is 0.333. The average molecular weight is 553 g/mol. The van der Waals surface area contributed by atoms with Crippen LogP contribution in [0.25, 0.3) is 5.57 Å². The van der Waals surface area contributed by atoms with E-state index in [1.54, 1.807) is 46.8 Å². The van der Waals surface area contributed by atoms with Crippen molar-refractivity contribution in [1.29, 1.82) is 0 Å². The number of amides is 1. The van der Waals surface area contributed by atoms with Gasteiger partial charge in [0.05, 0.1) is 31.0 Å². The third kappa shape index (κ3) is 7.08. The first kappa shape index (κ1) is 30.4. The van der Waals surface area contributed by atoms with Gasteiger partial charge in [-0.15, -0.1) is 0 Å². The maximum atomic E-state index is 15.7. The number of esters is 1. The van der Waals surface area contributed by atoms with E-state index >= 15 is 4.39 Å². The molecular weight excluding hydrogens is 515 g/mol. The molecule has 8 nitrogen and oxygen atoms in total. The van der Waals surface area contributed by atoms with Crippen LogP contribution in [0, 0.1) is 5.82 Å². The van der Waals surface area contributed by atoms with Crippen LogP contribution in [0.4, 0.5) is 9.18 Å². The minimum Gasteiger partial charge on any atom is -0.475 e. The van der Waals surface area contributed by atoms with E-state index in [4.69, 9.17) is 18.9 Å². The molecule has 2 unspecified atom stereocenters. The first-order chi connectivity index (χ1) is 18.9. The molecule has 1 N–H and O–H groups in total. The number of para-hydroxylation sites is 1. The van der Waals surface area contributed by atoms with Crippen molar-refractivity contribution < 1.29 is 32.9 Å². The Morgan fingerprint density at radius 3 is 2.60 bits per heavy atom. The van der Waals surface area contributed by atoms with Crippen LogP contribution in [0.3, 0.4) is 0 Å². The highest BCUT2D eigenvalue weighted by Gasteiger charge is 2.39. The van der Waals surface area contributed by atoms with E-state index in [2.05, 4.69) is 16.9 Å². The van der Waals surface area contributed by atoms with Crippen LogP contribution >= 0.6 is 0 Å². The fourth-order valence-electron chi connectivity index (χ4n) is 4.30. The highest BCUT2D eigenvalue weighted by atomic mass is 19.1. The number of rotatable bonds is 10. The van der Waals surface area contributed by atoms with E-state index in [-0.39, 0.29) is 30.4 Å². The van der Waals surface area contributed by atoms with Crippen molar-refractivity contribution in [1.82, 2.24) is 10.3 Å². The fraction of sp³-hybridized carbons (Fsp3) is 0.387. The topological polar surface area (TPSA) is 96.0 Å². The van der Waals surface area contributed by atoms with Gasteiger partial charge < -0.3 is 24.3 Å². The lowest BCUT2D eigenvalue weighted by Crippen LogP contribution is -2.32. The van der Waals surface area contributed by atoms with Gasteiger partial charge in [-0.1, -0.05) is 37.8 Å². The summed E-state index contributed by atoms with van der Waals surface area (Å²) in [6.07, 6.45) is 5.93. The lowest BCUT2D eigenvalue weighted by molar-refractivity contribution is -0.145. The van der Waals surface area contributed by atoms with Gasteiger partial charge in [0, 0.05) is 29.0 Å². The number of benzene rings is 1. The van der Waals surface area contributed by atoms with Crippen LogP contribution in [0.2, 0.25) is 0 Å². The van der Waals surface area contributed by atoms with Crippen LogP contribution < -0.4 is 10.1 Å². The minimum atomic E-state index is -1.16. The lowest BCUT2D eigenvalue weighted by Gasteiger charge is -2.28. The van der Waals surface area contributed by atoms with Crippen LogP contribution in [0.5, 0.6) is 5.75 Å². The molecule has 0 aliphatic carbocycles. The Morgan fingerprint density at radius 1 is 1.23 bits per heavy atom. The van der Waals surface area contributed by atoms with E-state index in [0.29, 0.717) is 29.1 Å². The molecule has 9 heteroatoms. The monoisotopic (exact) mass is 552 g/mol. The van der Waals surface area contributed by atoms with Crippen molar-refractivity contribution in [3.63, 3.8) is 0 Å². The van der Waals surface area contributed by atoms with Gasteiger partial charge >= 0.3 is 12.1 Å². The number of nitrogens with zero attached hydrogens (tertiary/aromatic N) is 1. The van der Waals surface area contributed by atoms with Gasteiger partial charge in [-0.05, 0) is 53.2 Å². The summed E-state index contributed by atoms with van der Waals surface area (Å²) in [5.74, 6) is -0.725. The maximum absolute atomic E-state index is 15.7. The summed E-state index contributed by atoms with van der Waals surface area (Å²) in [4.78, 5) is 28.8. The summed E-state index contributed by atoms with van der Waals surface area (Å²) in [6, 6.07) is 8.74. The molecular formula is C31H37FN2O6. The number of pyridine rings is 1. The molecule has 0 radical (unpaired) electrons. The molecule has 1 amide bonds. The minimum absolute atomic E-state index is 0.0162. The molecule has 3 rings (SSSR count). The van der Waals surface area contributed by atoms with Gasteiger partial charge in [-0.25, -0.2) is 9.18 Å². The van der Waals surface area contributed by atoms with E-state index in [1.165, 1.54) is 24.6 Å². The van der Waals surface area contributed by atoms with Gasteiger partial charge in [-0.2, -0.15) is 0 Å². The largest absolute Gasteiger partial charge is 0.475 e. The van der Waals surface area contributed by atoms with Gasteiger partial charge in [0.2, 0.25) is 0 Å². The first-order valence-electron chi connectivity index (χ1n) is 13.2. The lowest BCUT2D eigenvalue weighted by atomic mass is 9.93. The molecule has 2 heterocycles. The van der Waals surface area contributed by atoms with Crippen molar-refractivity contribution in [2.24, 2.45) is 0 Å². The zero-order chi connectivity index (χ0) is 29.5. The van der Waals surface area contributed by atoms with Crippen molar-refractivity contribution >= 4 is 17.6 Å². The SMILES string of the molecule is C=C/C(=C1/OC=CC1(C)Oc1ccccc1C(CC)C(=O)OCC)c1ccnc(CNC(=O)OC(C)(C)C)c1F. The molecule has 0 fully saturated rings. The summed E-state index contributed by atoms with van der Waals surface area (Å²) in [7, 11) is 0. The van der Waals surface area contributed by atoms with E-state index in [9.17, 15) is 9.59 Å². The summed E-state index contributed by atoms with van der Waals surface area (Å²) in [5.41, 5.74) is -0.636. The Morgan fingerprint density at radius 2 is 1.95 bits per heavy atom. The number of allylic oxidation sites excluding steroid dienone is 2. The summed E-state index contributed by atoms with van der Waals surface area (Å²) < 4.78 is 38.5.